The van der Waals surface area contributed by atoms with Crippen molar-refractivity contribution in [1.82, 2.24) is 29.9 Å². The molecule has 0 bridgehead atoms. The summed E-state index contributed by atoms with van der Waals surface area (Å²) >= 11 is 0. The van der Waals surface area contributed by atoms with E-state index in [0.717, 1.165) is 79.7 Å². The van der Waals surface area contributed by atoms with Gasteiger partial charge < -0.3 is 15.5 Å². The maximum absolute atomic E-state index is 5.09. The Balaban J connectivity index is 1.31. The Morgan fingerprint density at radius 3 is 2.39 bits per heavy atom. The van der Waals surface area contributed by atoms with Crippen molar-refractivity contribution in [3.8, 4) is 11.1 Å². The van der Waals surface area contributed by atoms with E-state index in [9.17, 15) is 0 Å². The van der Waals surface area contributed by atoms with Gasteiger partial charge in [-0.25, -0.2) is 15.0 Å². The molecule has 0 radical (unpaired) electrons. The zero-order valence-electron chi connectivity index (χ0n) is 23.3. The van der Waals surface area contributed by atoms with Gasteiger partial charge in [0.25, 0.3) is 0 Å². The van der Waals surface area contributed by atoms with Gasteiger partial charge in [-0.05, 0) is 69.7 Å². The Morgan fingerprint density at radius 1 is 1.00 bits per heavy atom. The molecule has 8 nitrogen and oxygen atoms in total. The van der Waals surface area contributed by atoms with Crippen molar-refractivity contribution >= 4 is 17.4 Å². The van der Waals surface area contributed by atoms with Crippen molar-refractivity contribution in [3.05, 3.63) is 65.2 Å². The largest absolute Gasteiger partial charge is 0.368 e. The van der Waals surface area contributed by atoms with Crippen LogP contribution >= 0.6 is 0 Å². The molecule has 38 heavy (non-hydrogen) atoms. The third-order valence-electron chi connectivity index (χ3n) is 7.49. The van der Waals surface area contributed by atoms with Crippen molar-refractivity contribution in [2.75, 3.05) is 29.9 Å². The quantitative estimate of drug-likeness (QED) is 0.322. The number of anilines is 2. The maximum atomic E-state index is 5.09. The molecule has 0 saturated carbocycles. The highest BCUT2D eigenvalue weighted by Crippen LogP contribution is 2.34. The summed E-state index contributed by atoms with van der Waals surface area (Å²) in [6.45, 7) is 13.6. The van der Waals surface area contributed by atoms with Crippen LogP contribution in [0.1, 0.15) is 55.6 Å². The Labute approximate surface area is 225 Å². The van der Waals surface area contributed by atoms with Gasteiger partial charge in [0.1, 0.15) is 5.82 Å². The maximum Gasteiger partial charge on any atom is 0.225 e. The summed E-state index contributed by atoms with van der Waals surface area (Å²) in [7, 11) is 0. The number of benzene rings is 1. The van der Waals surface area contributed by atoms with E-state index in [-0.39, 0.29) is 0 Å². The molecule has 1 aliphatic rings. The minimum absolute atomic E-state index is 0.312. The number of fused-ring (bicyclic) bond motifs is 1. The first kappa shape index (κ1) is 26.1. The molecule has 1 aliphatic heterocycles. The van der Waals surface area contributed by atoms with Crippen LogP contribution in [0.15, 0.2) is 42.7 Å². The third-order valence-corrected chi connectivity index (χ3v) is 7.49. The average molecular weight is 513 g/mol. The van der Waals surface area contributed by atoms with Crippen molar-refractivity contribution in [1.29, 1.82) is 0 Å². The predicted octanol–water partition coefficient (Wildman–Crippen LogP) is 5.12. The molecule has 3 aromatic heterocycles. The molecule has 0 aliphatic carbocycles. The molecule has 8 heteroatoms. The molecule has 1 fully saturated rings. The van der Waals surface area contributed by atoms with Gasteiger partial charge in [-0.2, -0.15) is 9.61 Å². The molecule has 5 rings (SSSR count). The number of nitrogens with one attached hydrogen (secondary N) is 2. The molecule has 2 N–H and O–H groups in total. The lowest BCUT2D eigenvalue weighted by molar-refractivity contribution is 0.380. The normalized spacial score (nSPS) is 15.2. The van der Waals surface area contributed by atoms with E-state index in [0.29, 0.717) is 12.1 Å². The Bertz CT molecular complexity index is 1350. The Morgan fingerprint density at radius 2 is 1.71 bits per heavy atom. The average Bonchev–Trinajstić information content (AvgIpc) is 3.24. The standard InChI is InChI=1S/C30H40N8/c1-6-9-25-18-26(38-29(35-25)28(23(5)36-38)27-20(2)10-7-11-21(27)3)33-19-22(4)34-24-12-16-37(17-13-24)30-31-14-8-15-32-30/h7-8,10-11,14-15,18,22,24,33-34H,6,9,12-13,16-17,19H2,1-5H3. The van der Waals surface area contributed by atoms with Crippen molar-refractivity contribution < 1.29 is 0 Å². The van der Waals surface area contributed by atoms with Crippen molar-refractivity contribution in [2.24, 2.45) is 0 Å². The highest BCUT2D eigenvalue weighted by atomic mass is 15.3. The first-order chi connectivity index (χ1) is 18.4. The highest BCUT2D eigenvalue weighted by molar-refractivity contribution is 5.84. The van der Waals surface area contributed by atoms with Crippen LogP contribution in [0.2, 0.25) is 0 Å². The zero-order chi connectivity index (χ0) is 26.6. The lowest BCUT2D eigenvalue weighted by Gasteiger charge is -2.34. The first-order valence-electron chi connectivity index (χ1n) is 13.9. The van der Waals surface area contributed by atoms with Gasteiger partial charge in [0.05, 0.1) is 11.3 Å². The molecule has 1 aromatic carbocycles. The second-order valence-corrected chi connectivity index (χ2v) is 10.6. The first-order valence-corrected chi connectivity index (χ1v) is 13.9. The van der Waals surface area contributed by atoms with Gasteiger partial charge >= 0.3 is 0 Å². The van der Waals surface area contributed by atoms with Gasteiger partial charge in [0, 0.05) is 55.9 Å². The van der Waals surface area contributed by atoms with E-state index in [1.165, 1.54) is 16.7 Å². The van der Waals surface area contributed by atoms with Crippen LogP contribution in [0.25, 0.3) is 16.8 Å². The number of piperidine rings is 1. The minimum atomic E-state index is 0.312. The van der Waals surface area contributed by atoms with Gasteiger partial charge in [-0.15, -0.1) is 0 Å². The van der Waals surface area contributed by atoms with E-state index in [4.69, 9.17) is 10.1 Å². The monoisotopic (exact) mass is 512 g/mol. The molecule has 4 heterocycles. The fourth-order valence-electron chi connectivity index (χ4n) is 5.60. The van der Waals surface area contributed by atoms with Gasteiger partial charge in [0.2, 0.25) is 5.95 Å². The summed E-state index contributed by atoms with van der Waals surface area (Å²) < 4.78 is 2.00. The molecule has 1 unspecified atom stereocenters. The van der Waals surface area contributed by atoms with Gasteiger partial charge in [-0.1, -0.05) is 31.5 Å². The second-order valence-electron chi connectivity index (χ2n) is 10.6. The lowest BCUT2D eigenvalue weighted by atomic mass is 9.96. The minimum Gasteiger partial charge on any atom is -0.368 e. The van der Waals surface area contributed by atoms with E-state index in [1.807, 2.05) is 23.0 Å². The predicted molar refractivity (Wildman–Crippen MR) is 155 cm³/mol. The van der Waals surface area contributed by atoms with Crippen LogP contribution in [0, 0.1) is 20.8 Å². The third kappa shape index (κ3) is 5.50. The molecule has 200 valence electrons. The van der Waals surface area contributed by atoms with E-state index in [2.05, 4.69) is 84.4 Å². The Kier molecular flexibility index (Phi) is 7.88. The van der Waals surface area contributed by atoms with Crippen LogP contribution in [0.3, 0.4) is 0 Å². The molecule has 0 spiro atoms. The summed E-state index contributed by atoms with van der Waals surface area (Å²) in [6, 6.07) is 11.3. The van der Waals surface area contributed by atoms with Crippen LogP contribution in [0.5, 0.6) is 0 Å². The Hall–Kier alpha value is -3.52. The van der Waals surface area contributed by atoms with E-state index in [1.54, 1.807) is 0 Å². The summed E-state index contributed by atoms with van der Waals surface area (Å²) in [5, 5.41) is 12.5. The van der Waals surface area contributed by atoms with E-state index >= 15 is 0 Å². The molecular formula is C30H40N8. The number of hydrogen-bond acceptors (Lipinski definition) is 7. The van der Waals surface area contributed by atoms with Crippen molar-refractivity contribution in [2.45, 2.75) is 72.4 Å². The van der Waals surface area contributed by atoms with Crippen LogP contribution in [-0.2, 0) is 6.42 Å². The van der Waals surface area contributed by atoms with Crippen LogP contribution < -0.4 is 15.5 Å². The topological polar surface area (TPSA) is 83.3 Å². The smallest absolute Gasteiger partial charge is 0.225 e. The second kappa shape index (κ2) is 11.5. The molecule has 4 aromatic rings. The summed E-state index contributed by atoms with van der Waals surface area (Å²) in [5.41, 5.74) is 7.93. The summed E-state index contributed by atoms with van der Waals surface area (Å²) in [6.07, 6.45) is 7.79. The fourth-order valence-corrected chi connectivity index (χ4v) is 5.60. The SMILES string of the molecule is CCCc1cc(NCC(C)NC2CCN(c3ncccn3)CC2)n2nc(C)c(-c3c(C)cccc3C)c2n1. The number of rotatable bonds is 9. The number of aromatic nitrogens is 5. The number of hydrogen-bond donors (Lipinski definition) is 2. The number of nitrogens with zero attached hydrogens (tertiary/aromatic N) is 6. The van der Waals surface area contributed by atoms with Crippen molar-refractivity contribution in [3.63, 3.8) is 0 Å². The highest BCUT2D eigenvalue weighted by Gasteiger charge is 2.23. The zero-order valence-corrected chi connectivity index (χ0v) is 23.3. The summed E-state index contributed by atoms with van der Waals surface area (Å²) in [4.78, 5) is 16.2. The summed E-state index contributed by atoms with van der Waals surface area (Å²) in [5.74, 6) is 1.84. The lowest BCUT2D eigenvalue weighted by Crippen LogP contribution is -2.47. The molecular weight excluding hydrogens is 472 g/mol. The van der Waals surface area contributed by atoms with E-state index < -0.39 is 0 Å². The van der Waals surface area contributed by atoms with Gasteiger partial charge in [-0.3, -0.25) is 0 Å². The molecule has 1 saturated heterocycles. The van der Waals surface area contributed by atoms with Gasteiger partial charge in [0.15, 0.2) is 5.65 Å². The molecule has 1 atom stereocenters. The number of aryl methyl sites for hydroxylation is 4. The molecule has 0 amide bonds. The van der Waals surface area contributed by atoms with Crippen LogP contribution in [-0.4, -0.2) is 56.3 Å². The van der Waals surface area contributed by atoms with Crippen LogP contribution in [0.4, 0.5) is 11.8 Å². The fraction of sp³-hybridized carbons (Fsp3) is 0.467.